The van der Waals surface area contributed by atoms with Crippen molar-refractivity contribution in [2.75, 3.05) is 18.5 Å². The van der Waals surface area contributed by atoms with E-state index in [1.165, 1.54) is 12.1 Å². The van der Waals surface area contributed by atoms with E-state index in [2.05, 4.69) is 5.32 Å². The van der Waals surface area contributed by atoms with Crippen molar-refractivity contribution in [2.45, 2.75) is 64.9 Å². The molecular formula is C40H47N2O10P. The van der Waals surface area contributed by atoms with Crippen molar-refractivity contribution in [2.24, 2.45) is 0 Å². The highest BCUT2D eigenvalue weighted by atomic mass is 31.2. The van der Waals surface area contributed by atoms with E-state index >= 15 is 0 Å². The van der Waals surface area contributed by atoms with Crippen molar-refractivity contribution in [3.63, 3.8) is 0 Å². The Morgan fingerprint density at radius 3 is 1.92 bits per heavy atom. The molecule has 0 spiro atoms. The van der Waals surface area contributed by atoms with Gasteiger partial charge in [-0.3, -0.25) is 5.32 Å². The number of amides is 1. The number of carbonyl (C=O) groups excluding carboxylic acids is 1. The highest BCUT2D eigenvalue weighted by molar-refractivity contribution is 7.41. The second-order valence-electron chi connectivity index (χ2n) is 12.8. The number of nitrogens with zero attached hydrogens (tertiary/aromatic N) is 1. The zero-order chi connectivity index (χ0) is 38.2. The normalized spacial score (nSPS) is 13.1. The largest absolute Gasteiger partial charge is 0.478 e. The van der Waals surface area contributed by atoms with Crippen molar-refractivity contribution >= 4 is 37.3 Å². The molecule has 0 saturated carbocycles. The summed E-state index contributed by atoms with van der Waals surface area (Å²) in [5, 5.41) is 32.2. The van der Waals surface area contributed by atoms with Crippen LogP contribution in [-0.2, 0) is 36.3 Å². The van der Waals surface area contributed by atoms with E-state index in [1.54, 1.807) is 39.8 Å². The number of aliphatic hydroxyl groups is 2. The fraction of sp³-hybridized carbons (Fsp3) is 0.300. The molecule has 13 heteroatoms. The number of hydrogen-bond donors (Lipinski definition) is 4. The number of fused-ring (bicyclic) bond motifs is 1. The van der Waals surface area contributed by atoms with Gasteiger partial charge < -0.3 is 42.9 Å². The van der Waals surface area contributed by atoms with E-state index in [4.69, 9.17) is 28.2 Å². The molecule has 1 aromatic heterocycles. The number of benzene rings is 4. The van der Waals surface area contributed by atoms with Gasteiger partial charge in [0.2, 0.25) is 0 Å². The molecule has 282 valence electrons. The van der Waals surface area contributed by atoms with E-state index in [0.29, 0.717) is 13.2 Å². The van der Waals surface area contributed by atoms with Crippen molar-refractivity contribution < 1.29 is 48.0 Å². The lowest BCUT2D eigenvalue weighted by atomic mass is 10.2. The fourth-order valence-corrected chi connectivity index (χ4v) is 5.87. The minimum atomic E-state index is -1.72. The molecule has 4 aromatic carbocycles. The average Bonchev–Trinajstić information content (AvgIpc) is 3.57. The van der Waals surface area contributed by atoms with Crippen molar-refractivity contribution in [1.82, 2.24) is 4.57 Å². The molecule has 5 aromatic rings. The minimum absolute atomic E-state index is 0.0263. The van der Waals surface area contributed by atoms with Gasteiger partial charge in [-0.2, -0.15) is 0 Å². The molecule has 0 aliphatic heterocycles. The third-order valence-corrected chi connectivity index (χ3v) is 8.50. The minimum Gasteiger partial charge on any atom is -0.478 e. The lowest BCUT2D eigenvalue weighted by molar-refractivity contribution is -0.130. The predicted molar refractivity (Wildman–Crippen MR) is 203 cm³/mol. The summed E-state index contributed by atoms with van der Waals surface area (Å²) in [6.45, 7) is 7.24. The van der Waals surface area contributed by atoms with Gasteiger partial charge in [0.15, 0.2) is 6.23 Å². The SMILES string of the molecule is CC(C)(C)OC(=O)Nc1ccccc1C(=O)O.CC(O)C(CO)OC(COP(OCc1ccccc1)OCc1ccccc1)n1ccc2ccccc21. The maximum Gasteiger partial charge on any atom is 0.412 e. The summed E-state index contributed by atoms with van der Waals surface area (Å²) in [7, 11) is -1.72. The van der Waals surface area contributed by atoms with Crippen LogP contribution in [-0.4, -0.2) is 63.0 Å². The van der Waals surface area contributed by atoms with Crippen molar-refractivity contribution in [1.29, 1.82) is 0 Å². The van der Waals surface area contributed by atoms with Crippen LogP contribution in [0.5, 0.6) is 0 Å². The number of aromatic carboxylic acids is 1. The lowest BCUT2D eigenvalue weighted by Gasteiger charge is -2.28. The van der Waals surface area contributed by atoms with Crippen LogP contribution in [0.1, 0.15) is 55.4 Å². The van der Waals surface area contributed by atoms with Crippen LogP contribution >= 0.6 is 8.60 Å². The van der Waals surface area contributed by atoms with Gasteiger partial charge in [0.05, 0.1) is 42.7 Å². The summed E-state index contributed by atoms with van der Waals surface area (Å²) in [5.41, 5.74) is 2.59. The van der Waals surface area contributed by atoms with Gasteiger partial charge >= 0.3 is 20.7 Å². The quantitative estimate of drug-likeness (QED) is 0.0724. The highest BCUT2D eigenvalue weighted by Crippen LogP contribution is 2.43. The molecule has 0 aliphatic carbocycles. The second kappa shape index (κ2) is 20.6. The van der Waals surface area contributed by atoms with E-state index in [9.17, 15) is 19.8 Å². The first-order chi connectivity index (χ1) is 25.4. The molecule has 1 heterocycles. The zero-order valence-corrected chi connectivity index (χ0v) is 31.1. The number of nitrogens with one attached hydrogen (secondary N) is 1. The number of ether oxygens (including phenoxy) is 2. The van der Waals surface area contributed by atoms with Crippen molar-refractivity contribution in [3.05, 3.63) is 138 Å². The van der Waals surface area contributed by atoms with Crippen molar-refractivity contribution in [3.8, 4) is 0 Å². The zero-order valence-electron chi connectivity index (χ0n) is 30.2. The Morgan fingerprint density at radius 1 is 0.792 bits per heavy atom. The van der Waals surface area contributed by atoms with Gasteiger partial charge in [-0.15, -0.1) is 0 Å². The van der Waals surface area contributed by atoms with Gasteiger partial charge in [-0.1, -0.05) is 91.0 Å². The molecule has 0 aliphatic rings. The molecule has 1 amide bonds. The summed E-state index contributed by atoms with van der Waals surface area (Å²) in [6.07, 6.45) is -1.02. The Balaban J connectivity index is 0.000000310. The molecule has 53 heavy (non-hydrogen) atoms. The maximum absolute atomic E-state index is 11.5. The monoisotopic (exact) mass is 746 g/mol. The first-order valence-corrected chi connectivity index (χ1v) is 18.1. The standard InChI is InChI=1S/C28H32NO6P.C12H15NO4/c1-22(31)27(18-30)35-28(29-17-16-25-14-8-9-15-26(25)29)21-34-36(32-19-23-10-4-2-5-11-23)33-20-24-12-6-3-7-13-24;1-12(2,3)17-11(16)13-9-7-5-4-6-8(9)10(14)15/h2-17,22,27-28,30-31H,18-21H2,1H3;4-7H,1-3H3,(H,13,16)(H,14,15). The third kappa shape index (κ3) is 13.7. The highest BCUT2D eigenvalue weighted by Gasteiger charge is 2.25. The molecule has 3 unspecified atom stereocenters. The number of carboxylic acids is 1. The molecule has 3 atom stereocenters. The number of anilines is 1. The van der Waals surface area contributed by atoms with Gasteiger partial charge in [0.25, 0.3) is 0 Å². The molecular weight excluding hydrogens is 699 g/mol. The van der Waals surface area contributed by atoms with Gasteiger partial charge in [-0.25, -0.2) is 9.59 Å². The van der Waals surface area contributed by atoms with Crippen LogP contribution in [0.2, 0.25) is 0 Å². The van der Waals surface area contributed by atoms with E-state index in [-0.39, 0.29) is 24.5 Å². The van der Waals surface area contributed by atoms with Gasteiger partial charge in [0, 0.05) is 6.20 Å². The Hall–Kier alpha value is -4.65. The summed E-state index contributed by atoms with van der Waals surface area (Å²) in [4.78, 5) is 22.4. The fourth-order valence-electron chi connectivity index (χ4n) is 4.88. The number of carboxylic acid groups (broad SMARTS) is 1. The van der Waals surface area contributed by atoms with E-state index < -0.39 is 44.7 Å². The Kier molecular flexibility index (Phi) is 15.9. The number of rotatable bonds is 16. The number of aliphatic hydroxyl groups excluding tert-OH is 2. The van der Waals surface area contributed by atoms with Crippen LogP contribution < -0.4 is 5.32 Å². The predicted octanol–water partition coefficient (Wildman–Crippen LogP) is 8.31. The third-order valence-electron chi connectivity index (χ3n) is 7.46. The Morgan fingerprint density at radius 2 is 1.36 bits per heavy atom. The van der Waals surface area contributed by atoms with Crippen LogP contribution in [0.4, 0.5) is 10.5 Å². The van der Waals surface area contributed by atoms with Crippen LogP contribution in [0.15, 0.2) is 121 Å². The topological polar surface area (TPSA) is 158 Å². The maximum atomic E-state index is 11.5. The van der Waals surface area contributed by atoms with Crippen LogP contribution in [0, 0.1) is 0 Å². The number of hydrogen-bond acceptors (Lipinski definition) is 9. The summed E-state index contributed by atoms with van der Waals surface area (Å²) < 4.78 is 31.3. The molecule has 0 fully saturated rings. The van der Waals surface area contributed by atoms with Crippen LogP contribution in [0.25, 0.3) is 10.9 Å². The van der Waals surface area contributed by atoms with Gasteiger partial charge in [-0.05, 0) is 68.5 Å². The first-order valence-electron chi connectivity index (χ1n) is 17.0. The number of para-hydroxylation sites is 2. The summed E-state index contributed by atoms with van der Waals surface area (Å²) >= 11 is 0. The average molecular weight is 747 g/mol. The van der Waals surface area contributed by atoms with E-state index in [1.807, 2.05) is 102 Å². The van der Waals surface area contributed by atoms with E-state index in [0.717, 1.165) is 22.0 Å². The first kappa shape index (κ1) is 41.1. The second-order valence-corrected chi connectivity index (χ2v) is 14.1. The molecule has 0 radical (unpaired) electrons. The number of carbonyl (C=O) groups is 2. The molecule has 0 saturated heterocycles. The molecule has 5 rings (SSSR count). The molecule has 0 bridgehead atoms. The van der Waals surface area contributed by atoms with Gasteiger partial charge in [0.1, 0.15) is 18.3 Å². The Labute approximate surface area is 310 Å². The number of aromatic nitrogens is 1. The summed E-state index contributed by atoms with van der Waals surface area (Å²) in [5.74, 6) is -1.10. The smallest absolute Gasteiger partial charge is 0.412 e. The molecule has 4 N–H and O–H groups in total. The lowest BCUT2D eigenvalue weighted by Crippen LogP contribution is -2.34. The van der Waals surface area contributed by atoms with Crippen LogP contribution in [0.3, 0.4) is 0 Å². The Bertz CT molecular complexity index is 1800. The molecule has 12 nitrogen and oxygen atoms in total. The summed E-state index contributed by atoms with van der Waals surface area (Å²) in [6, 6.07) is 35.7.